The van der Waals surface area contributed by atoms with Crippen LogP contribution >= 0.6 is 0 Å². The summed E-state index contributed by atoms with van der Waals surface area (Å²) in [5.74, 6) is 1.89. The van der Waals surface area contributed by atoms with Gasteiger partial charge in [0.25, 0.3) is 0 Å². The van der Waals surface area contributed by atoms with Crippen molar-refractivity contribution >= 4 is 53.9 Å². The molecule has 260 valence electrons. The summed E-state index contributed by atoms with van der Waals surface area (Å²) in [6.45, 7) is 0. The average molecular weight is 713 g/mol. The van der Waals surface area contributed by atoms with Crippen LogP contribution in [0.1, 0.15) is 0 Å². The van der Waals surface area contributed by atoms with Gasteiger partial charge < -0.3 is 0 Å². The second-order valence-corrected chi connectivity index (χ2v) is 14.2. The lowest BCUT2D eigenvalue weighted by Crippen LogP contribution is -2.00. The van der Waals surface area contributed by atoms with Gasteiger partial charge in [0.15, 0.2) is 17.5 Å². The molecule has 56 heavy (non-hydrogen) atoms. The van der Waals surface area contributed by atoms with Gasteiger partial charge in [-0.05, 0) is 71.2 Å². The van der Waals surface area contributed by atoms with E-state index in [4.69, 9.17) is 15.0 Å². The van der Waals surface area contributed by atoms with E-state index in [-0.39, 0.29) is 0 Å². The first-order valence-electron chi connectivity index (χ1n) is 18.9. The molecule has 9 aromatic carbocycles. The largest absolute Gasteiger partial charge is 0.263 e. The summed E-state index contributed by atoms with van der Waals surface area (Å²) < 4.78 is 0. The molecule has 0 radical (unpaired) electrons. The lowest BCUT2D eigenvalue weighted by Gasteiger charge is -2.16. The molecule has 2 heterocycles. The molecule has 4 nitrogen and oxygen atoms in total. The molecule has 0 N–H and O–H groups in total. The molecular weight excluding hydrogens is 681 g/mol. The molecular formula is C52H32N4. The third kappa shape index (κ3) is 5.31. The highest BCUT2D eigenvalue weighted by atomic mass is 15.0. The van der Waals surface area contributed by atoms with E-state index in [2.05, 4.69) is 151 Å². The summed E-state index contributed by atoms with van der Waals surface area (Å²) >= 11 is 0. The van der Waals surface area contributed by atoms with Crippen LogP contribution in [0.25, 0.3) is 110 Å². The molecule has 11 rings (SSSR count). The van der Waals surface area contributed by atoms with Crippen LogP contribution in [0.4, 0.5) is 0 Å². The Labute approximate surface area is 323 Å². The van der Waals surface area contributed by atoms with Gasteiger partial charge in [-0.2, -0.15) is 0 Å². The topological polar surface area (TPSA) is 51.6 Å². The highest BCUT2D eigenvalue weighted by Crippen LogP contribution is 2.43. The zero-order valence-corrected chi connectivity index (χ0v) is 30.3. The van der Waals surface area contributed by atoms with Crippen molar-refractivity contribution in [2.45, 2.75) is 0 Å². The number of nitrogens with zero attached hydrogens (tertiary/aromatic N) is 4. The molecule has 0 fully saturated rings. The van der Waals surface area contributed by atoms with Crippen LogP contribution in [-0.2, 0) is 0 Å². The van der Waals surface area contributed by atoms with E-state index in [0.717, 1.165) is 38.8 Å². The molecule has 0 aliphatic carbocycles. The maximum Gasteiger partial charge on any atom is 0.164 e. The lowest BCUT2D eigenvalue weighted by molar-refractivity contribution is 1.07. The highest BCUT2D eigenvalue weighted by molar-refractivity contribution is 6.33. The molecule has 4 heteroatoms. The minimum absolute atomic E-state index is 0.625. The van der Waals surface area contributed by atoms with Crippen LogP contribution in [0, 0.1) is 0 Å². The maximum absolute atomic E-state index is 5.07. The Kier molecular flexibility index (Phi) is 7.46. The minimum atomic E-state index is 0.625. The number of rotatable bonds is 5. The van der Waals surface area contributed by atoms with E-state index in [0.29, 0.717) is 17.5 Å². The average Bonchev–Trinajstić information content (AvgIpc) is 3.29. The van der Waals surface area contributed by atoms with E-state index < -0.39 is 0 Å². The Morgan fingerprint density at radius 3 is 1.29 bits per heavy atom. The van der Waals surface area contributed by atoms with Crippen molar-refractivity contribution in [3.05, 3.63) is 194 Å². The van der Waals surface area contributed by atoms with Crippen LogP contribution in [0.15, 0.2) is 194 Å². The fraction of sp³-hybridized carbons (Fsp3) is 0. The number of aromatic nitrogens is 4. The van der Waals surface area contributed by atoms with E-state index in [1.54, 1.807) is 0 Å². The molecule has 0 aliphatic heterocycles. The first kappa shape index (κ1) is 31.9. The van der Waals surface area contributed by atoms with Gasteiger partial charge in [-0.1, -0.05) is 176 Å². The van der Waals surface area contributed by atoms with Crippen molar-refractivity contribution < 1.29 is 0 Å². The van der Waals surface area contributed by atoms with Gasteiger partial charge in [-0.25, -0.2) is 15.0 Å². The highest BCUT2D eigenvalue weighted by Gasteiger charge is 2.17. The van der Waals surface area contributed by atoms with Gasteiger partial charge in [0, 0.05) is 40.0 Å². The predicted octanol–water partition coefficient (Wildman–Crippen LogP) is 13.4. The number of hydrogen-bond donors (Lipinski definition) is 0. The second-order valence-electron chi connectivity index (χ2n) is 14.2. The summed E-state index contributed by atoms with van der Waals surface area (Å²) in [4.78, 5) is 19.6. The van der Waals surface area contributed by atoms with E-state index in [9.17, 15) is 0 Å². The van der Waals surface area contributed by atoms with Gasteiger partial charge in [0.1, 0.15) is 0 Å². The van der Waals surface area contributed by atoms with Crippen molar-refractivity contribution in [1.82, 2.24) is 19.9 Å². The third-order valence-corrected chi connectivity index (χ3v) is 11.0. The van der Waals surface area contributed by atoms with E-state index >= 15 is 0 Å². The van der Waals surface area contributed by atoms with E-state index in [1.807, 2.05) is 48.8 Å². The number of hydrogen-bond acceptors (Lipinski definition) is 4. The fourth-order valence-corrected chi connectivity index (χ4v) is 8.30. The molecule has 0 saturated carbocycles. The van der Waals surface area contributed by atoms with Crippen LogP contribution in [-0.4, -0.2) is 19.9 Å². The van der Waals surface area contributed by atoms with E-state index in [1.165, 1.54) is 54.0 Å². The SMILES string of the molecule is c1ccc(-c2nc(-c3ccc(-c4cncc5ccccc45)cc3)nc(-c3ccc(-c4cc5c6ccccc6c6ccccc6c5c5ccccc45)cc3)n2)cc1. The first-order valence-corrected chi connectivity index (χ1v) is 18.9. The molecule has 0 spiro atoms. The van der Waals surface area contributed by atoms with Gasteiger partial charge in [0.2, 0.25) is 0 Å². The Morgan fingerprint density at radius 2 is 0.679 bits per heavy atom. The minimum Gasteiger partial charge on any atom is -0.263 e. The summed E-state index contributed by atoms with van der Waals surface area (Å²) in [6, 6.07) is 64.3. The number of pyridine rings is 1. The monoisotopic (exact) mass is 712 g/mol. The molecule has 0 aliphatic rings. The molecule has 0 unspecified atom stereocenters. The summed E-state index contributed by atoms with van der Waals surface area (Å²) in [5.41, 5.74) is 7.31. The van der Waals surface area contributed by atoms with Crippen molar-refractivity contribution in [3.8, 4) is 56.4 Å². The van der Waals surface area contributed by atoms with Crippen LogP contribution in [0.3, 0.4) is 0 Å². The van der Waals surface area contributed by atoms with Crippen molar-refractivity contribution in [2.75, 3.05) is 0 Å². The smallest absolute Gasteiger partial charge is 0.164 e. The predicted molar refractivity (Wildman–Crippen MR) is 232 cm³/mol. The van der Waals surface area contributed by atoms with Crippen molar-refractivity contribution in [2.24, 2.45) is 0 Å². The van der Waals surface area contributed by atoms with Crippen LogP contribution < -0.4 is 0 Å². The second kappa shape index (κ2) is 13.1. The first-order chi connectivity index (χ1) is 27.8. The van der Waals surface area contributed by atoms with Gasteiger partial charge in [-0.3, -0.25) is 4.98 Å². The van der Waals surface area contributed by atoms with Crippen LogP contribution in [0.2, 0.25) is 0 Å². The molecule has 2 aromatic heterocycles. The van der Waals surface area contributed by atoms with Gasteiger partial charge in [0.05, 0.1) is 0 Å². The summed E-state index contributed by atoms with van der Waals surface area (Å²) in [7, 11) is 0. The summed E-state index contributed by atoms with van der Waals surface area (Å²) in [6.07, 6.45) is 3.84. The van der Waals surface area contributed by atoms with Crippen LogP contribution in [0.5, 0.6) is 0 Å². The molecule has 11 aromatic rings. The Morgan fingerprint density at radius 1 is 0.268 bits per heavy atom. The normalized spacial score (nSPS) is 11.6. The third-order valence-electron chi connectivity index (χ3n) is 11.0. The zero-order chi connectivity index (χ0) is 37.0. The number of benzene rings is 9. The lowest BCUT2D eigenvalue weighted by atomic mass is 9.87. The van der Waals surface area contributed by atoms with Gasteiger partial charge in [-0.15, -0.1) is 0 Å². The zero-order valence-electron chi connectivity index (χ0n) is 30.3. The molecule has 0 saturated heterocycles. The molecule has 0 atom stereocenters. The number of fused-ring (bicyclic) bond motifs is 9. The maximum atomic E-state index is 5.07. The summed E-state index contributed by atoms with van der Waals surface area (Å²) in [5, 5.41) is 12.4. The van der Waals surface area contributed by atoms with Crippen molar-refractivity contribution in [3.63, 3.8) is 0 Å². The Bertz CT molecular complexity index is 3280. The Balaban J connectivity index is 1.03. The van der Waals surface area contributed by atoms with Crippen molar-refractivity contribution in [1.29, 1.82) is 0 Å². The molecule has 0 bridgehead atoms. The Hall–Kier alpha value is -7.56. The molecule has 0 amide bonds. The van der Waals surface area contributed by atoms with Gasteiger partial charge >= 0.3 is 0 Å². The quantitative estimate of drug-likeness (QED) is 0.167. The fourth-order valence-electron chi connectivity index (χ4n) is 8.30. The standard InChI is InChI=1S/C52H32N4/c1-2-12-35(13-3-1)50-54-51(56-52(55-50)37-28-24-34(25-29-37)48-32-53-31-38-14-4-5-15-39(38)48)36-26-22-33(23-27-36)46-30-47-42-18-7-6-16-40(42)41-17-8-10-20-44(41)49(47)45-21-11-9-19-43(45)46/h1-32H.